The molecule has 12 rings (SSSR count). The Bertz CT molecular complexity index is 3560. The molecule has 0 saturated heterocycles. The summed E-state index contributed by atoms with van der Waals surface area (Å²) in [6.07, 6.45) is 0. The third-order valence-corrected chi connectivity index (χ3v) is 12.9. The minimum absolute atomic E-state index is 0.912. The van der Waals surface area contributed by atoms with Crippen LogP contribution in [0.25, 0.3) is 97.0 Å². The number of nitrogens with zero attached hydrogens (tertiary/aromatic N) is 1. The summed E-state index contributed by atoms with van der Waals surface area (Å²) < 4.78 is 8.85. The molecular weight excluding hydrogens is 735 g/mol. The van der Waals surface area contributed by atoms with Crippen molar-refractivity contribution in [1.82, 2.24) is 0 Å². The molecule has 0 aliphatic rings. The lowest BCUT2D eigenvalue weighted by atomic mass is 9.97. The van der Waals surface area contributed by atoms with Gasteiger partial charge in [-0.05, 0) is 116 Å². The van der Waals surface area contributed by atoms with Crippen LogP contribution in [-0.4, -0.2) is 0 Å². The molecule has 0 saturated carbocycles. The van der Waals surface area contributed by atoms with Crippen LogP contribution in [0.3, 0.4) is 0 Å². The third kappa shape index (κ3) is 5.70. The normalized spacial score (nSPS) is 11.7. The molecule has 2 nitrogen and oxygen atoms in total. The molecule has 0 aliphatic carbocycles. The van der Waals surface area contributed by atoms with Crippen LogP contribution >= 0.6 is 11.3 Å². The molecule has 0 amide bonds. The zero-order chi connectivity index (χ0) is 38.9. The second kappa shape index (κ2) is 13.6. The summed E-state index contributed by atoms with van der Waals surface area (Å²) >= 11 is 1.86. The van der Waals surface area contributed by atoms with E-state index in [9.17, 15) is 0 Å². The number of para-hydroxylation sites is 1. The molecule has 0 atom stereocenters. The molecule has 59 heavy (non-hydrogen) atoms. The van der Waals surface area contributed by atoms with Gasteiger partial charge < -0.3 is 9.32 Å². The molecule has 2 aromatic heterocycles. The number of anilines is 3. The van der Waals surface area contributed by atoms with Gasteiger partial charge in [0.25, 0.3) is 0 Å². The maximum Gasteiger partial charge on any atom is 0.136 e. The van der Waals surface area contributed by atoms with E-state index in [1.807, 2.05) is 23.5 Å². The Morgan fingerprint density at radius 3 is 1.85 bits per heavy atom. The van der Waals surface area contributed by atoms with E-state index < -0.39 is 0 Å². The quantitative estimate of drug-likeness (QED) is 0.167. The highest BCUT2D eigenvalue weighted by Gasteiger charge is 2.20. The van der Waals surface area contributed by atoms with Gasteiger partial charge in [-0.2, -0.15) is 0 Å². The van der Waals surface area contributed by atoms with E-state index in [0.29, 0.717) is 0 Å². The Morgan fingerprint density at radius 2 is 0.983 bits per heavy atom. The molecule has 276 valence electrons. The van der Waals surface area contributed by atoms with Crippen molar-refractivity contribution in [2.24, 2.45) is 0 Å². The predicted octanol–water partition coefficient (Wildman–Crippen LogP) is 16.7. The molecule has 2 heterocycles. The van der Waals surface area contributed by atoms with Crippen molar-refractivity contribution in [3.63, 3.8) is 0 Å². The maximum absolute atomic E-state index is 6.34. The molecular formula is C56H35NOS. The van der Waals surface area contributed by atoms with Crippen LogP contribution in [0.1, 0.15) is 0 Å². The highest BCUT2D eigenvalue weighted by molar-refractivity contribution is 7.26. The number of hydrogen-bond acceptors (Lipinski definition) is 3. The Labute approximate surface area is 345 Å². The molecule has 10 aromatic carbocycles. The van der Waals surface area contributed by atoms with E-state index in [2.05, 4.69) is 205 Å². The fraction of sp³-hybridized carbons (Fsp3) is 0. The summed E-state index contributed by atoms with van der Waals surface area (Å²) in [6.45, 7) is 0. The highest BCUT2D eigenvalue weighted by atomic mass is 32.1. The Morgan fingerprint density at radius 1 is 0.339 bits per heavy atom. The lowest BCUT2D eigenvalue weighted by Gasteiger charge is -2.28. The SMILES string of the molecule is c1ccc(-c2ccc3cc(N(c4ccc5c(c4)sc4cccc(-c6ccc7c(c6)oc6ccccc67)c45)c4cc(-c5ccccc5)cc5ccccc45)ccc3c2)cc1. The van der Waals surface area contributed by atoms with E-state index in [1.54, 1.807) is 0 Å². The first-order chi connectivity index (χ1) is 29.2. The van der Waals surface area contributed by atoms with Gasteiger partial charge in [0.1, 0.15) is 11.2 Å². The van der Waals surface area contributed by atoms with Crippen LogP contribution in [-0.2, 0) is 0 Å². The second-order valence-electron chi connectivity index (χ2n) is 15.3. The zero-order valence-electron chi connectivity index (χ0n) is 32.0. The Kier molecular flexibility index (Phi) is 7.75. The van der Waals surface area contributed by atoms with Crippen LogP contribution < -0.4 is 4.90 Å². The van der Waals surface area contributed by atoms with Crippen molar-refractivity contribution < 1.29 is 4.42 Å². The number of rotatable bonds is 6. The highest BCUT2D eigenvalue weighted by Crippen LogP contribution is 2.47. The minimum atomic E-state index is 0.912. The molecule has 0 N–H and O–H groups in total. The van der Waals surface area contributed by atoms with Gasteiger partial charge in [-0.3, -0.25) is 0 Å². The smallest absolute Gasteiger partial charge is 0.136 e. The summed E-state index contributed by atoms with van der Waals surface area (Å²) in [7, 11) is 0. The van der Waals surface area contributed by atoms with Crippen LogP contribution in [0.15, 0.2) is 217 Å². The van der Waals surface area contributed by atoms with Crippen molar-refractivity contribution in [3.05, 3.63) is 212 Å². The van der Waals surface area contributed by atoms with Gasteiger partial charge in [-0.15, -0.1) is 11.3 Å². The molecule has 0 unspecified atom stereocenters. The van der Waals surface area contributed by atoms with Gasteiger partial charge in [0.05, 0.1) is 5.69 Å². The molecule has 3 heteroatoms. The van der Waals surface area contributed by atoms with Crippen LogP contribution in [0.2, 0.25) is 0 Å². The summed E-state index contributed by atoms with van der Waals surface area (Å²) in [6, 6.07) is 77.1. The third-order valence-electron chi connectivity index (χ3n) is 11.8. The second-order valence-corrected chi connectivity index (χ2v) is 16.4. The van der Waals surface area contributed by atoms with Gasteiger partial charge in [0.15, 0.2) is 0 Å². The van der Waals surface area contributed by atoms with Crippen molar-refractivity contribution in [1.29, 1.82) is 0 Å². The molecule has 0 aliphatic heterocycles. The first kappa shape index (κ1) is 33.7. The van der Waals surface area contributed by atoms with Gasteiger partial charge in [0.2, 0.25) is 0 Å². The fourth-order valence-electron chi connectivity index (χ4n) is 8.97. The van der Waals surface area contributed by atoms with Crippen LogP contribution in [0.5, 0.6) is 0 Å². The van der Waals surface area contributed by atoms with Crippen molar-refractivity contribution in [2.75, 3.05) is 4.90 Å². The summed E-state index contributed by atoms with van der Waals surface area (Å²) in [5.74, 6) is 0. The largest absolute Gasteiger partial charge is 0.456 e. The molecule has 0 radical (unpaired) electrons. The van der Waals surface area contributed by atoms with Gasteiger partial charge >= 0.3 is 0 Å². The fourth-order valence-corrected chi connectivity index (χ4v) is 10.1. The molecule has 0 bridgehead atoms. The van der Waals surface area contributed by atoms with Crippen LogP contribution in [0.4, 0.5) is 17.1 Å². The van der Waals surface area contributed by atoms with Crippen LogP contribution in [0, 0.1) is 0 Å². The molecule has 12 aromatic rings. The lowest BCUT2D eigenvalue weighted by Crippen LogP contribution is -2.10. The van der Waals surface area contributed by atoms with E-state index in [1.165, 1.54) is 69.5 Å². The Balaban J connectivity index is 1.05. The predicted molar refractivity (Wildman–Crippen MR) is 253 cm³/mol. The maximum atomic E-state index is 6.34. The van der Waals surface area contributed by atoms with Gasteiger partial charge in [-0.1, -0.05) is 146 Å². The zero-order valence-corrected chi connectivity index (χ0v) is 32.8. The van der Waals surface area contributed by atoms with E-state index in [0.717, 1.165) is 44.6 Å². The van der Waals surface area contributed by atoms with E-state index in [-0.39, 0.29) is 0 Å². The van der Waals surface area contributed by atoms with E-state index >= 15 is 0 Å². The monoisotopic (exact) mass is 769 g/mol. The number of furan rings is 1. The number of thiophene rings is 1. The van der Waals surface area contributed by atoms with Crippen molar-refractivity contribution in [2.45, 2.75) is 0 Å². The standard InChI is InChI=1S/C56H35NOS/c1-3-12-36(13-4-1)38-22-23-40-32-44(26-24-39(40)30-38)57(51-33-43(37-14-5-2-6-15-37)31-41-16-7-8-17-46(41)51)45-27-29-50-55(35-45)59-54-21-11-19-47(56(50)54)42-25-28-49-48-18-9-10-20-52(48)58-53(49)34-42/h1-35H. The molecule has 0 spiro atoms. The average molecular weight is 770 g/mol. The van der Waals surface area contributed by atoms with Crippen molar-refractivity contribution >= 4 is 92.1 Å². The van der Waals surface area contributed by atoms with Crippen molar-refractivity contribution in [3.8, 4) is 33.4 Å². The van der Waals surface area contributed by atoms with E-state index in [4.69, 9.17) is 4.42 Å². The Hall–Kier alpha value is -7.46. The topological polar surface area (TPSA) is 16.4 Å². The summed E-state index contributed by atoms with van der Waals surface area (Å²) in [5, 5.41) is 9.64. The molecule has 0 fully saturated rings. The number of hydrogen-bond donors (Lipinski definition) is 0. The number of benzene rings is 10. The number of fused-ring (bicyclic) bond motifs is 8. The summed E-state index contributed by atoms with van der Waals surface area (Å²) in [5.41, 5.74) is 12.4. The minimum Gasteiger partial charge on any atom is -0.456 e. The van der Waals surface area contributed by atoms with Gasteiger partial charge in [0, 0.05) is 47.7 Å². The lowest BCUT2D eigenvalue weighted by molar-refractivity contribution is 0.669. The van der Waals surface area contributed by atoms with Gasteiger partial charge in [-0.25, -0.2) is 0 Å². The first-order valence-corrected chi connectivity index (χ1v) is 20.9. The average Bonchev–Trinajstić information content (AvgIpc) is 3.87. The summed E-state index contributed by atoms with van der Waals surface area (Å²) in [4.78, 5) is 2.46. The first-order valence-electron chi connectivity index (χ1n) is 20.1.